The van der Waals surface area contributed by atoms with Crippen LogP contribution >= 0.6 is 0 Å². The van der Waals surface area contributed by atoms with Gasteiger partial charge in [0.2, 0.25) is 5.91 Å². The maximum atomic E-state index is 11.8. The van der Waals surface area contributed by atoms with Crippen LogP contribution in [0.5, 0.6) is 0 Å². The minimum atomic E-state index is -0.441. The standard InChI is InChI=1S/C14H26N2O4/c1-14(2,3)20-13(18)5-7-15-6-4-12(17)16-8-10-19-11-9-16/h15H,4-11H2,1-3H3. The van der Waals surface area contributed by atoms with E-state index in [2.05, 4.69) is 5.32 Å². The Hall–Kier alpha value is -1.14. The van der Waals surface area contributed by atoms with Crippen LogP contribution in [0.15, 0.2) is 0 Å². The molecule has 1 N–H and O–H groups in total. The smallest absolute Gasteiger partial charge is 0.307 e. The molecular formula is C14H26N2O4. The highest BCUT2D eigenvalue weighted by molar-refractivity contribution is 5.76. The summed E-state index contributed by atoms with van der Waals surface area (Å²) in [5.74, 6) is -0.0810. The number of nitrogens with one attached hydrogen (secondary N) is 1. The molecule has 1 heterocycles. The van der Waals surface area contributed by atoms with Crippen molar-refractivity contribution in [3.05, 3.63) is 0 Å². The quantitative estimate of drug-likeness (QED) is 0.571. The monoisotopic (exact) mass is 286 g/mol. The summed E-state index contributed by atoms with van der Waals surface area (Å²) in [6, 6.07) is 0. The van der Waals surface area contributed by atoms with Crippen LogP contribution in [0.4, 0.5) is 0 Å². The van der Waals surface area contributed by atoms with Gasteiger partial charge in [0.25, 0.3) is 0 Å². The molecule has 1 rings (SSSR count). The molecule has 0 spiro atoms. The van der Waals surface area contributed by atoms with Gasteiger partial charge in [-0.15, -0.1) is 0 Å². The lowest BCUT2D eigenvalue weighted by Crippen LogP contribution is -2.41. The van der Waals surface area contributed by atoms with Crippen molar-refractivity contribution in [2.24, 2.45) is 0 Å². The molecular weight excluding hydrogens is 260 g/mol. The van der Waals surface area contributed by atoms with Gasteiger partial charge in [0.1, 0.15) is 5.60 Å². The second-order valence-corrected chi connectivity index (χ2v) is 5.83. The second-order valence-electron chi connectivity index (χ2n) is 5.83. The van der Waals surface area contributed by atoms with E-state index >= 15 is 0 Å². The summed E-state index contributed by atoms with van der Waals surface area (Å²) in [6.45, 7) is 9.26. The van der Waals surface area contributed by atoms with Crippen molar-refractivity contribution >= 4 is 11.9 Å². The Balaban J connectivity index is 2.04. The van der Waals surface area contributed by atoms with E-state index < -0.39 is 5.60 Å². The fourth-order valence-corrected chi connectivity index (χ4v) is 1.87. The summed E-state index contributed by atoms with van der Waals surface area (Å²) in [5, 5.41) is 3.09. The van der Waals surface area contributed by atoms with E-state index in [-0.39, 0.29) is 11.9 Å². The molecule has 0 aromatic heterocycles. The van der Waals surface area contributed by atoms with Crippen molar-refractivity contribution in [1.29, 1.82) is 0 Å². The van der Waals surface area contributed by atoms with E-state index in [0.29, 0.717) is 52.2 Å². The van der Waals surface area contributed by atoms with Crippen molar-refractivity contribution in [3.8, 4) is 0 Å². The third-order valence-corrected chi connectivity index (χ3v) is 2.81. The fourth-order valence-electron chi connectivity index (χ4n) is 1.87. The lowest BCUT2D eigenvalue weighted by Gasteiger charge is -2.26. The number of carbonyl (C=O) groups is 2. The number of rotatable bonds is 6. The molecule has 1 amide bonds. The van der Waals surface area contributed by atoms with E-state index in [1.165, 1.54) is 0 Å². The number of carbonyl (C=O) groups excluding carboxylic acids is 2. The molecule has 1 aliphatic rings. The highest BCUT2D eigenvalue weighted by Crippen LogP contribution is 2.07. The van der Waals surface area contributed by atoms with Crippen LogP contribution in [0.2, 0.25) is 0 Å². The first-order valence-corrected chi connectivity index (χ1v) is 7.16. The van der Waals surface area contributed by atoms with Crippen LogP contribution < -0.4 is 5.32 Å². The lowest BCUT2D eigenvalue weighted by molar-refractivity contribution is -0.154. The zero-order valence-electron chi connectivity index (χ0n) is 12.7. The van der Waals surface area contributed by atoms with Gasteiger partial charge in [-0.2, -0.15) is 0 Å². The molecule has 0 radical (unpaired) electrons. The first-order chi connectivity index (χ1) is 9.38. The molecule has 1 fully saturated rings. The van der Waals surface area contributed by atoms with Crippen LogP contribution in [0.25, 0.3) is 0 Å². The summed E-state index contributed by atoms with van der Waals surface area (Å²) >= 11 is 0. The average molecular weight is 286 g/mol. The summed E-state index contributed by atoms with van der Waals surface area (Å²) in [5.41, 5.74) is -0.441. The van der Waals surface area contributed by atoms with Gasteiger partial charge < -0.3 is 19.7 Å². The van der Waals surface area contributed by atoms with Gasteiger partial charge in [0.15, 0.2) is 0 Å². The van der Waals surface area contributed by atoms with Gasteiger partial charge in [-0.1, -0.05) is 0 Å². The second kappa shape index (κ2) is 8.21. The number of hydrogen-bond donors (Lipinski definition) is 1. The third-order valence-electron chi connectivity index (χ3n) is 2.81. The number of esters is 1. The molecule has 6 heteroatoms. The van der Waals surface area contributed by atoms with Crippen LogP contribution in [0, 0.1) is 0 Å². The zero-order valence-corrected chi connectivity index (χ0v) is 12.7. The maximum Gasteiger partial charge on any atom is 0.307 e. The summed E-state index contributed by atoms with van der Waals surface area (Å²) < 4.78 is 10.4. The molecule has 6 nitrogen and oxygen atoms in total. The first kappa shape index (κ1) is 16.9. The van der Waals surface area contributed by atoms with Crippen LogP contribution in [-0.2, 0) is 19.1 Å². The van der Waals surface area contributed by atoms with Crippen molar-refractivity contribution in [1.82, 2.24) is 10.2 Å². The Kier molecular flexibility index (Phi) is 6.95. The predicted molar refractivity (Wildman–Crippen MR) is 75.3 cm³/mol. The van der Waals surface area contributed by atoms with Gasteiger partial charge in [-0.05, 0) is 20.8 Å². The Morgan fingerprint density at radius 1 is 1.15 bits per heavy atom. The summed E-state index contributed by atoms with van der Waals surface area (Å²) in [4.78, 5) is 25.1. The van der Waals surface area contributed by atoms with Crippen molar-refractivity contribution in [2.45, 2.75) is 39.2 Å². The number of nitrogens with zero attached hydrogens (tertiary/aromatic N) is 1. The molecule has 0 atom stereocenters. The Labute approximate surface area is 120 Å². The average Bonchev–Trinajstić information content (AvgIpc) is 2.37. The molecule has 20 heavy (non-hydrogen) atoms. The van der Waals surface area contributed by atoms with E-state index in [1.54, 1.807) is 0 Å². The lowest BCUT2D eigenvalue weighted by atomic mass is 10.2. The van der Waals surface area contributed by atoms with Crippen molar-refractivity contribution < 1.29 is 19.1 Å². The Morgan fingerprint density at radius 3 is 2.35 bits per heavy atom. The van der Waals surface area contributed by atoms with E-state index in [1.807, 2.05) is 25.7 Å². The predicted octanol–water partition coefficient (Wildman–Crippen LogP) is 0.557. The minimum absolute atomic E-state index is 0.137. The van der Waals surface area contributed by atoms with Crippen molar-refractivity contribution in [2.75, 3.05) is 39.4 Å². The highest BCUT2D eigenvalue weighted by atomic mass is 16.6. The zero-order chi connectivity index (χ0) is 15.0. The Morgan fingerprint density at radius 2 is 1.75 bits per heavy atom. The molecule has 0 bridgehead atoms. The van der Waals surface area contributed by atoms with Crippen molar-refractivity contribution in [3.63, 3.8) is 0 Å². The SMILES string of the molecule is CC(C)(C)OC(=O)CCNCCC(=O)N1CCOCC1. The normalized spacial score (nSPS) is 16.1. The van der Waals surface area contributed by atoms with Gasteiger partial charge in [0, 0.05) is 32.6 Å². The van der Waals surface area contributed by atoms with Gasteiger partial charge >= 0.3 is 5.97 Å². The first-order valence-electron chi connectivity index (χ1n) is 7.16. The van der Waals surface area contributed by atoms with E-state index in [4.69, 9.17) is 9.47 Å². The van der Waals surface area contributed by atoms with Gasteiger partial charge in [0.05, 0.1) is 19.6 Å². The molecule has 1 saturated heterocycles. The third kappa shape index (κ3) is 7.45. The Bertz CT molecular complexity index is 320. The number of amides is 1. The number of ether oxygens (including phenoxy) is 2. The molecule has 0 unspecified atom stereocenters. The summed E-state index contributed by atoms with van der Waals surface area (Å²) in [6.07, 6.45) is 0.775. The number of hydrogen-bond acceptors (Lipinski definition) is 5. The maximum absolute atomic E-state index is 11.8. The van der Waals surface area contributed by atoms with E-state index in [0.717, 1.165) is 0 Å². The number of morpholine rings is 1. The molecule has 1 aliphatic heterocycles. The van der Waals surface area contributed by atoms with Gasteiger partial charge in [-0.3, -0.25) is 9.59 Å². The molecule has 0 aliphatic carbocycles. The molecule has 0 aromatic rings. The van der Waals surface area contributed by atoms with E-state index in [9.17, 15) is 9.59 Å². The van der Waals surface area contributed by atoms with Gasteiger partial charge in [-0.25, -0.2) is 0 Å². The topological polar surface area (TPSA) is 67.9 Å². The summed E-state index contributed by atoms with van der Waals surface area (Å²) in [7, 11) is 0. The largest absolute Gasteiger partial charge is 0.460 e. The molecule has 0 aromatic carbocycles. The fraction of sp³-hybridized carbons (Fsp3) is 0.857. The van der Waals surface area contributed by atoms with Crippen LogP contribution in [0.1, 0.15) is 33.6 Å². The molecule has 0 saturated carbocycles. The van der Waals surface area contributed by atoms with Crippen LogP contribution in [-0.4, -0.2) is 61.8 Å². The van der Waals surface area contributed by atoms with Crippen LogP contribution in [0.3, 0.4) is 0 Å². The molecule has 116 valence electrons. The highest BCUT2D eigenvalue weighted by Gasteiger charge is 2.17. The minimum Gasteiger partial charge on any atom is -0.460 e.